The van der Waals surface area contributed by atoms with Crippen LogP contribution in [0.3, 0.4) is 0 Å². The minimum absolute atomic E-state index is 0.0129. The highest BCUT2D eigenvalue weighted by Gasteiger charge is 2.34. The topological polar surface area (TPSA) is 176 Å². The van der Waals surface area contributed by atoms with Crippen molar-refractivity contribution in [1.29, 1.82) is 0 Å². The lowest BCUT2D eigenvalue weighted by molar-refractivity contribution is -0.129. The summed E-state index contributed by atoms with van der Waals surface area (Å²) >= 11 is 0. The molecule has 1 unspecified atom stereocenters. The number of anilines is 1. The summed E-state index contributed by atoms with van der Waals surface area (Å²) in [6, 6.07) is 15.5. The Kier molecular flexibility index (Phi) is 8.88. The lowest BCUT2D eigenvalue weighted by Crippen LogP contribution is -2.34. The maximum absolute atomic E-state index is 13.6. The molecule has 1 aromatic heterocycles. The number of hydroxylamine groups is 1. The summed E-state index contributed by atoms with van der Waals surface area (Å²) in [5.41, 5.74) is 3.24. The van der Waals surface area contributed by atoms with Crippen molar-refractivity contribution >= 4 is 44.5 Å². The molecule has 44 heavy (non-hydrogen) atoms. The first kappa shape index (κ1) is 30.6. The quantitative estimate of drug-likeness (QED) is 0.132. The highest BCUT2D eigenvalue weighted by molar-refractivity contribution is 7.90. The van der Waals surface area contributed by atoms with E-state index in [2.05, 4.69) is 15.0 Å². The number of rotatable bonds is 9. The van der Waals surface area contributed by atoms with Gasteiger partial charge >= 0.3 is 6.09 Å². The summed E-state index contributed by atoms with van der Waals surface area (Å²) < 4.78 is 39.4. The van der Waals surface area contributed by atoms with E-state index in [1.165, 1.54) is 37.6 Å². The third-order valence-electron chi connectivity index (χ3n) is 7.65. The number of aromatic amines is 1. The number of H-pyrrole nitrogens is 1. The van der Waals surface area contributed by atoms with Crippen molar-refractivity contribution in [3.05, 3.63) is 89.1 Å². The molecule has 1 heterocycles. The van der Waals surface area contributed by atoms with Crippen molar-refractivity contribution in [2.45, 2.75) is 49.5 Å². The van der Waals surface area contributed by atoms with Crippen LogP contribution in [0.4, 0.5) is 10.5 Å². The molecule has 5 N–H and O–H groups in total. The van der Waals surface area contributed by atoms with Crippen LogP contribution >= 0.6 is 0 Å². The van der Waals surface area contributed by atoms with Gasteiger partial charge in [-0.1, -0.05) is 24.3 Å². The van der Waals surface area contributed by atoms with Crippen LogP contribution in [0.2, 0.25) is 0 Å². The molecule has 12 nitrogen and oxygen atoms in total. The monoisotopic (exact) mass is 620 g/mol. The second-order valence-electron chi connectivity index (χ2n) is 10.5. The van der Waals surface area contributed by atoms with Crippen LogP contribution < -0.4 is 20.3 Å². The number of carbonyl (C=O) groups is 3. The molecule has 1 atom stereocenters. The van der Waals surface area contributed by atoms with Gasteiger partial charge in [0.15, 0.2) is 0 Å². The number of aryl methyl sites for hydroxylation is 1. The van der Waals surface area contributed by atoms with Crippen LogP contribution in [0.15, 0.2) is 71.8 Å². The number of sulfonamides is 1. The van der Waals surface area contributed by atoms with Crippen molar-refractivity contribution in [1.82, 2.24) is 15.2 Å². The predicted molar refractivity (Wildman–Crippen MR) is 161 cm³/mol. The Morgan fingerprint density at radius 2 is 1.77 bits per heavy atom. The van der Waals surface area contributed by atoms with Crippen molar-refractivity contribution in [3.63, 3.8) is 0 Å². The molecule has 0 saturated heterocycles. The van der Waals surface area contributed by atoms with Gasteiger partial charge in [0.05, 0.1) is 17.9 Å². The largest absolute Gasteiger partial charge is 0.496 e. The molecule has 0 bridgehead atoms. The summed E-state index contributed by atoms with van der Waals surface area (Å²) in [6.07, 6.45) is 4.43. The minimum Gasteiger partial charge on any atom is -0.496 e. The van der Waals surface area contributed by atoms with Crippen LogP contribution in [0.25, 0.3) is 10.9 Å². The molecule has 3 aromatic carbocycles. The first-order valence-corrected chi connectivity index (χ1v) is 15.4. The first-order chi connectivity index (χ1) is 21.1. The third kappa shape index (κ3) is 6.24. The average Bonchev–Trinajstić information content (AvgIpc) is 3.67. The van der Waals surface area contributed by atoms with E-state index >= 15 is 0 Å². The standard InChI is InChI=1S/C31H32N4O8S/c1-18-8-3-6-13-26(18)44(40,41)35-29(36)21-11-7-12-25(42-2)27(21)28(30(37)34-39)23-17-32-24-15-14-19(16-22(23)24)33-31(38)43-20-9-4-5-10-20/h3,6-8,11-17,20,28,32,39H,4-5,9-10H2,1-2H3,(H,33,38)(H,34,37)(H,35,36). The molecular formula is C31H32N4O8S. The molecule has 1 aliphatic carbocycles. The summed E-state index contributed by atoms with van der Waals surface area (Å²) in [5, 5.41) is 13.0. The maximum atomic E-state index is 13.6. The van der Waals surface area contributed by atoms with Gasteiger partial charge in [-0.15, -0.1) is 0 Å². The smallest absolute Gasteiger partial charge is 0.411 e. The van der Waals surface area contributed by atoms with Crippen LogP contribution in [0, 0.1) is 6.92 Å². The molecule has 1 saturated carbocycles. The SMILES string of the molecule is COc1cccc(C(=O)NS(=O)(=O)c2ccccc2C)c1C(C(=O)NO)c1c[nH]c2ccc(NC(=O)OC3CCCC3)cc12. The Morgan fingerprint density at radius 3 is 2.48 bits per heavy atom. The molecule has 3 amide bonds. The fraction of sp³-hybridized carbons (Fsp3) is 0.258. The fourth-order valence-electron chi connectivity index (χ4n) is 5.56. The summed E-state index contributed by atoms with van der Waals surface area (Å²) in [7, 11) is -2.95. The van der Waals surface area contributed by atoms with Gasteiger partial charge in [0.25, 0.3) is 21.8 Å². The van der Waals surface area contributed by atoms with Crippen molar-refractivity contribution in [2.75, 3.05) is 12.4 Å². The van der Waals surface area contributed by atoms with E-state index in [4.69, 9.17) is 9.47 Å². The van der Waals surface area contributed by atoms with Crippen molar-refractivity contribution in [2.24, 2.45) is 0 Å². The number of aromatic nitrogens is 1. The molecule has 0 aliphatic heterocycles. The van der Waals surface area contributed by atoms with Crippen LogP contribution in [0.1, 0.15) is 58.6 Å². The van der Waals surface area contributed by atoms with Crippen LogP contribution in [-0.2, 0) is 19.6 Å². The number of fused-ring (bicyclic) bond motifs is 1. The molecule has 0 radical (unpaired) electrons. The molecule has 1 aliphatic rings. The Balaban J connectivity index is 1.55. The number of amides is 3. The van der Waals surface area contributed by atoms with Gasteiger partial charge in [-0.05, 0) is 80.1 Å². The normalized spacial score (nSPS) is 14.2. The zero-order valence-electron chi connectivity index (χ0n) is 24.0. The Morgan fingerprint density at radius 1 is 1.02 bits per heavy atom. The Bertz CT molecular complexity index is 1830. The van der Waals surface area contributed by atoms with E-state index in [0.717, 1.165) is 25.7 Å². The number of carbonyl (C=O) groups excluding carboxylic acids is 3. The Hall–Kier alpha value is -4.88. The van der Waals surface area contributed by atoms with Crippen molar-refractivity contribution < 1.29 is 37.5 Å². The van der Waals surface area contributed by atoms with Crippen LogP contribution in [0.5, 0.6) is 5.75 Å². The summed E-state index contributed by atoms with van der Waals surface area (Å²) in [6.45, 7) is 1.60. The molecule has 5 rings (SSSR count). The fourth-order valence-corrected chi connectivity index (χ4v) is 6.78. The van der Waals surface area contributed by atoms with Gasteiger partial charge in [-0.2, -0.15) is 0 Å². The van der Waals surface area contributed by atoms with E-state index < -0.39 is 33.8 Å². The highest BCUT2D eigenvalue weighted by Crippen LogP contribution is 2.39. The number of methoxy groups -OCH3 is 1. The van der Waals surface area contributed by atoms with Gasteiger partial charge in [0, 0.05) is 33.9 Å². The lowest BCUT2D eigenvalue weighted by atomic mass is 9.86. The van der Waals surface area contributed by atoms with E-state index in [-0.39, 0.29) is 27.9 Å². The first-order valence-electron chi connectivity index (χ1n) is 13.9. The van der Waals surface area contributed by atoms with E-state index in [9.17, 15) is 28.0 Å². The zero-order valence-corrected chi connectivity index (χ0v) is 24.9. The second kappa shape index (κ2) is 12.8. The zero-order chi connectivity index (χ0) is 31.4. The molecule has 0 spiro atoms. The molecule has 1 fully saturated rings. The predicted octanol–water partition coefficient (Wildman–Crippen LogP) is 4.73. The number of hydrogen-bond donors (Lipinski definition) is 5. The number of benzene rings is 3. The molecule has 230 valence electrons. The number of nitrogens with one attached hydrogen (secondary N) is 4. The minimum atomic E-state index is -4.29. The van der Waals surface area contributed by atoms with E-state index in [1.807, 2.05) is 0 Å². The van der Waals surface area contributed by atoms with Gasteiger partial charge < -0.3 is 14.5 Å². The summed E-state index contributed by atoms with van der Waals surface area (Å²) in [4.78, 5) is 42.4. The average molecular weight is 621 g/mol. The van der Waals surface area contributed by atoms with Gasteiger partial charge in [0.2, 0.25) is 0 Å². The van der Waals surface area contributed by atoms with E-state index in [1.54, 1.807) is 48.8 Å². The number of ether oxygens (including phenoxy) is 2. The van der Waals surface area contributed by atoms with Gasteiger partial charge in [-0.3, -0.25) is 20.1 Å². The van der Waals surface area contributed by atoms with Gasteiger partial charge in [-0.25, -0.2) is 23.4 Å². The Labute approximate surface area is 253 Å². The van der Waals surface area contributed by atoms with Crippen molar-refractivity contribution in [3.8, 4) is 5.75 Å². The molecular weight excluding hydrogens is 588 g/mol. The van der Waals surface area contributed by atoms with Gasteiger partial charge in [0.1, 0.15) is 11.9 Å². The molecule has 13 heteroatoms. The third-order valence-corrected chi connectivity index (χ3v) is 9.14. The molecule has 4 aromatic rings. The number of hydrogen-bond acceptors (Lipinski definition) is 8. The highest BCUT2D eigenvalue weighted by atomic mass is 32.2. The summed E-state index contributed by atoms with van der Waals surface area (Å²) in [5.74, 6) is -3.17. The maximum Gasteiger partial charge on any atom is 0.411 e. The second-order valence-corrected chi connectivity index (χ2v) is 12.1. The van der Waals surface area contributed by atoms with E-state index in [0.29, 0.717) is 27.7 Å². The van der Waals surface area contributed by atoms with Crippen LogP contribution in [-0.4, -0.2) is 49.7 Å². The lowest BCUT2D eigenvalue weighted by Gasteiger charge is -2.21.